The maximum Gasteiger partial charge on any atom is 0.281 e. The number of fused-ring (bicyclic) bond motifs is 4. The van der Waals surface area contributed by atoms with Crippen LogP contribution in [0.3, 0.4) is 0 Å². The maximum absolute atomic E-state index is 13.5. The van der Waals surface area contributed by atoms with Gasteiger partial charge in [0.2, 0.25) is 11.6 Å². The SMILES string of the molecule is O=C1c2c(cccc2[N+](=O)[O-])C(=O)c2c1c(C(=O)c1ccc([N+](=O)[O-])cc1)c1ccccn21. The molecule has 0 amide bonds. The molecule has 0 unspecified atom stereocenters. The number of rotatable bonds is 4. The van der Waals surface area contributed by atoms with E-state index >= 15 is 0 Å². The number of carbonyl (C=O) groups excluding carboxylic acids is 3. The minimum atomic E-state index is -0.805. The highest BCUT2D eigenvalue weighted by atomic mass is 16.6. The first-order valence-corrected chi connectivity index (χ1v) is 9.60. The lowest BCUT2D eigenvalue weighted by Gasteiger charge is -2.15. The molecule has 0 radical (unpaired) electrons. The van der Waals surface area contributed by atoms with Crippen LogP contribution >= 0.6 is 0 Å². The molecule has 160 valence electrons. The molecule has 2 aromatic heterocycles. The molecule has 0 fully saturated rings. The molecular weight excluding hydrogens is 430 g/mol. The van der Waals surface area contributed by atoms with E-state index in [2.05, 4.69) is 0 Å². The number of nitrogens with zero attached hydrogens (tertiary/aromatic N) is 3. The van der Waals surface area contributed by atoms with Crippen molar-refractivity contribution in [2.24, 2.45) is 0 Å². The minimum Gasteiger partial charge on any atom is -0.312 e. The van der Waals surface area contributed by atoms with Crippen molar-refractivity contribution < 1.29 is 24.2 Å². The summed E-state index contributed by atoms with van der Waals surface area (Å²) in [6.07, 6.45) is 1.52. The van der Waals surface area contributed by atoms with E-state index in [0.29, 0.717) is 0 Å². The Morgan fingerprint density at radius 1 is 0.788 bits per heavy atom. The summed E-state index contributed by atoms with van der Waals surface area (Å²) in [5, 5.41) is 22.5. The number of nitro benzene ring substituents is 2. The average molecular weight is 441 g/mol. The van der Waals surface area contributed by atoms with Crippen molar-refractivity contribution in [1.82, 2.24) is 4.40 Å². The van der Waals surface area contributed by atoms with Crippen molar-refractivity contribution in [3.8, 4) is 0 Å². The van der Waals surface area contributed by atoms with Gasteiger partial charge in [0.1, 0.15) is 11.3 Å². The number of ketones is 3. The molecular formula is C23H11N3O7. The molecule has 1 aliphatic rings. The lowest BCUT2D eigenvalue weighted by molar-refractivity contribution is -0.385. The first-order chi connectivity index (χ1) is 15.8. The monoisotopic (exact) mass is 441 g/mol. The van der Waals surface area contributed by atoms with Crippen LogP contribution < -0.4 is 0 Å². The van der Waals surface area contributed by atoms with E-state index in [1.165, 1.54) is 34.9 Å². The fourth-order valence-electron chi connectivity index (χ4n) is 4.13. The van der Waals surface area contributed by atoms with Gasteiger partial charge < -0.3 is 4.40 Å². The second kappa shape index (κ2) is 7.02. The summed E-state index contributed by atoms with van der Waals surface area (Å²) in [5.74, 6) is -2.06. The van der Waals surface area contributed by atoms with Crippen molar-refractivity contribution in [2.75, 3.05) is 0 Å². The van der Waals surface area contributed by atoms with Crippen molar-refractivity contribution in [3.05, 3.63) is 121 Å². The number of hydrogen-bond donors (Lipinski definition) is 0. The molecule has 0 spiro atoms. The van der Waals surface area contributed by atoms with Gasteiger partial charge in [0.05, 0.1) is 26.5 Å². The van der Waals surface area contributed by atoms with Gasteiger partial charge >= 0.3 is 0 Å². The molecule has 33 heavy (non-hydrogen) atoms. The van der Waals surface area contributed by atoms with E-state index in [1.54, 1.807) is 18.2 Å². The molecule has 10 nitrogen and oxygen atoms in total. The van der Waals surface area contributed by atoms with E-state index in [-0.39, 0.29) is 44.7 Å². The Morgan fingerprint density at radius 3 is 2.18 bits per heavy atom. The molecule has 5 rings (SSSR count). The van der Waals surface area contributed by atoms with E-state index in [4.69, 9.17) is 0 Å². The maximum atomic E-state index is 13.5. The minimum absolute atomic E-state index is 0.0612. The molecule has 0 atom stereocenters. The number of carbonyl (C=O) groups is 3. The van der Waals surface area contributed by atoms with Gasteiger partial charge in [-0.1, -0.05) is 12.1 Å². The number of hydrogen-bond acceptors (Lipinski definition) is 7. The van der Waals surface area contributed by atoms with Gasteiger partial charge in [-0.3, -0.25) is 34.6 Å². The van der Waals surface area contributed by atoms with Crippen molar-refractivity contribution in [3.63, 3.8) is 0 Å². The number of benzene rings is 2. The molecule has 0 aliphatic heterocycles. The third-order valence-corrected chi connectivity index (χ3v) is 5.56. The van der Waals surface area contributed by atoms with Crippen LogP contribution in [0.4, 0.5) is 11.4 Å². The largest absolute Gasteiger partial charge is 0.312 e. The van der Waals surface area contributed by atoms with Crippen LogP contribution in [0.15, 0.2) is 66.9 Å². The van der Waals surface area contributed by atoms with Gasteiger partial charge in [-0.2, -0.15) is 0 Å². The molecule has 2 heterocycles. The highest BCUT2D eigenvalue weighted by Crippen LogP contribution is 2.38. The van der Waals surface area contributed by atoms with Gasteiger partial charge in [0, 0.05) is 35.5 Å². The zero-order valence-electron chi connectivity index (χ0n) is 16.6. The highest BCUT2D eigenvalue weighted by molar-refractivity contribution is 6.34. The summed E-state index contributed by atoms with van der Waals surface area (Å²) >= 11 is 0. The van der Waals surface area contributed by atoms with Crippen molar-refractivity contribution >= 4 is 34.2 Å². The van der Waals surface area contributed by atoms with Gasteiger partial charge in [-0.15, -0.1) is 0 Å². The third-order valence-electron chi connectivity index (χ3n) is 5.56. The molecule has 0 bridgehead atoms. The topological polar surface area (TPSA) is 142 Å². The summed E-state index contributed by atoms with van der Waals surface area (Å²) in [5.41, 5.74) is -1.28. The van der Waals surface area contributed by atoms with Crippen LogP contribution in [-0.4, -0.2) is 31.6 Å². The first-order valence-electron chi connectivity index (χ1n) is 9.60. The molecule has 2 aromatic carbocycles. The summed E-state index contributed by atoms with van der Waals surface area (Å²) in [4.78, 5) is 61.5. The molecule has 0 saturated heterocycles. The third kappa shape index (κ3) is 2.78. The number of pyridine rings is 1. The van der Waals surface area contributed by atoms with E-state index in [9.17, 15) is 34.6 Å². The lowest BCUT2D eigenvalue weighted by Crippen LogP contribution is -2.24. The van der Waals surface area contributed by atoms with Crippen molar-refractivity contribution in [2.45, 2.75) is 0 Å². The summed E-state index contributed by atoms with van der Waals surface area (Å²) < 4.78 is 1.41. The van der Waals surface area contributed by atoms with Crippen LogP contribution in [0.2, 0.25) is 0 Å². The average Bonchev–Trinajstić information content (AvgIpc) is 3.17. The second-order valence-corrected chi connectivity index (χ2v) is 7.30. The number of nitro groups is 2. The lowest BCUT2D eigenvalue weighted by atomic mass is 9.84. The molecule has 0 N–H and O–H groups in total. The van der Waals surface area contributed by atoms with E-state index < -0.39 is 32.9 Å². The van der Waals surface area contributed by atoms with Crippen LogP contribution in [0.5, 0.6) is 0 Å². The van der Waals surface area contributed by atoms with E-state index in [0.717, 1.165) is 18.2 Å². The Labute approximate surface area is 184 Å². The summed E-state index contributed by atoms with van der Waals surface area (Å²) in [7, 11) is 0. The van der Waals surface area contributed by atoms with E-state index in [1.807, 2.05) is 0 Å². The summed E-state index contributed by atoms with van der Waals surface area (Å²) in [6, 6.07) is 13.4. The number of aromatic nitrogens is 1. The molecule has 4 aromatic rings. The predicted octanol–water partition coefficient (Wildman–Crippen LogP) is 3.76. The fraction of sp³-hybridized carbons (Fsp3) is 0. The Kier molecular flexibility index (Phi) is 4.24. The Bertz CT molecular complexity index is 1570. The molecule has 0 saturated carbocycles. The Hall–Kier alpha value is -4.99. The van der Waals surface area contributed by atoms with Crippen LogP contribution in [0, 0.1) is 20.2 Å². The van der Waals surface area contributed by atoms with Crippen LogP contribution in [0.25, 0.3) is 5.52 Å². The van der Waals surface area contributed by atoms with Crippen LogP contribution in [-0.2, 0) is 0 Å². The molecule has 1 aliphatic carbocycles. The summed E-state index contributed by atoms with van der Waals surface area (Å²) in [6.45, 7) is 0. The van der Waals surface area contributed by atoms with Gasteiger partial charge in [-0.05, 0) is 30.3 Å². The highest BCUT2D eigenvalue weighted by Gasteiger charge is 2.41. The smallest absolute Gasteiger partial charge is 0.281 e. The van der Waals surface area contributed by atoms with Crippen molar-refractivity contribution in [1.29, 1.82) is 0 Å². The normalized spacial score (nSPS) is 12.4. The molecule has 10 heteroatoms. The fourth-order valence-corrected chi connectivity index (χ4v) is 4.13. The quantitative estimate of drug-likeness (QED) is 0.235. The van der Waals surface area contributed by atoms with Crippen LogP contribution in [0.1, 0.15) is 47.9 Å². The Balaban J connectivity index is 1.80. The zero-order valence-corrected chi connectivity index (χ0v) is 16.6. The predicted molar refractivity (Wildman–Crippen MR) is 114 cm³/mol. The van der Waals surface area contributed by atoms with Gasteiger partial charge in [0.25, 0.3) is 11.4 Å². The second-order valence-electron chi connectivity index (χ2n) is 7.30. The first kappa shape index (κ1) is 19.9. The zero-order chi connectivity index (χ0) is 23.4. The Morgan fingerprint density at radius 2 is 1.52 bits per heavy atom. The van der Waals surface area contributed by atoms with Gasteiger partial charge in [0.15, 0.2) is 5.78 Å². The standard InChI is InChI=1S/C23H11N3O7/c27-21(12-7-9-13(10-8-12)25(30)31)18-15-5-1-2-11-24(15)20-19(18)23(29)17-14(22(20)28)4-3-6-16(17)26(32)33/h1-11H. The van der Waals surface area contributed by atoms with Gasteiger partial charge in [-0.25, -0.2) is 0 Å². The number of non-ortho nitro benzene ring substituents is 1.